The lowest BCUT2D eigenvalue weighted by Crippen LogP contribution is -2.33. The molecule has 1 aliphatic heterocycles. The molecule has 1 amide bonds. The largest absolute Gasteiger partial charge is 0.376 e. The summed E-state index contributed by atoms with van der Waals surface area (Å²) in [6, 6.07) is 0. The Bertz CT molecular complexity index is 774. The Labute approximate surface area is 132 Å². The molecule has 1 fully saturated rings. The Morgan fingerprint density at radius 1 is 1.43 bits per heavy atom. The van der Waals surface area contributed by atoms with Crippen molar-refractivity contribution in [2.75, 3.05) is 13.2 Å². The molecule has 8 heteroatoms. The van der Waals surface area contributed by atoms with Crippen molar-refractivity contribution in [3.05, 3.63) is 21.8 Å². The summed E-state index contributed by atoms with van der Waals surface area (Å²) in [6.07, 6.45) is 2.30. The van der Waals surface area contributed by atoms with Crippen molar-refractivity contribution in [3.8, 4) is 0 Å². The molecule has 0 saturated carbocycles. The first-order valence-corrected chi connectivity index (χ1v) is 7.78. The summed E-state index contributed by atoms with van der Waals surface area (Å²) in [5.74, 6) is 0.451. The maximum atomic E-state index is 12.3. The lowest BCUT2D eigenvalue weighted by atomic mass is 10.2. The van der Waals surface area contributed by atoms with Crippen molar-refractivity contribution < 1.29 is 14.1 Å². The van der Waals surface area contributed by atoms with E-state index >= 15 is 0 Å². The number of nitrogens with one attached hydrogen (secondary N) is 1. The number of aryl methyl sites for hydroxylation is 3. The highest BCUT2D eigenvalue weighted by atomic mass is 16.5. The summed E-state index contributed by atoms with van der Waals surface area (Å²) in [7, 11) is 0. The van der Waals surface area contributed by atoms with Gasteiger partial charge in [0.1, 0.15) is 5.76 Å². The first-order chi connectivity index (χ1) is 11.1. The summed E-state index contributed by atoms with van der Waals surface area (Å²) in [5, 5.41) is 11.5. The fourth-order valence-corrected chi connectivity index (χ4v) is 2.82. The summed E-state index contributed by atoms with van der Waals surface area (Å²) in [5.41, 5.74) is 0.585. The fourth-order valence-electron chi connectivity index (χ4n) is 2.82. The molecule has 0 bridgehead atoms. The third kappa shape index (κ3) is 3.26. The van der Waals surface area contributed by atoms with Gasteiger partial charge in [0.05, 0.1) is 23.7 Å². The number of nitrogens with zero attached hydrogens (tertiary/aromatic N) is 3. The van der Waals surface area contributed by atoms with Crippen LogP contribution in [0.3, 0.4) is 0 Å². The van der Waals surface area contributed by atoms with Crippen LogP contribution in [-0.4, -0.2) is 40.1 Å². The van der Waals surface area contributed by atoms with Gasteiger partial charge in [0.2, 0.25) is 5.91 Å². The minimum absolute atomic E-state index is 0.108. The molecule has 0 aliphatic carbocycles. The standard InChI is InChI=1S/C15H20N4O4/c1-9-13-10(2)23-18-14(13)15(21)19(17-9)6-5-12(20)16-8-11-4-3-7-22-11/h11H,3-8H2,1-2H3,(H,16,20)/t11-/m1/s1. The van der Waals surface area contributed by atoms with Crippen molar-refractivity contribution >= 4 is 16.8 Å². The fraction of sp³-hybridized carbons (Fsp3) is 0.600. The van der Waals surface area contributed by atoms with E-state index in [4.69, 9.17) is 9.26 Å². The molecule has 0 spiro atoms. The van der Waals surface area contributed by atoms with Gasteiger partial charge in [-0.25, -0.2) is 4.68 Å². The highest BCUT2D eigenvalue weighted by Gasteiger charge is 2.17. The molecule has 2 aromatic rings. The molecular weight excluding hydrogens is 300 g/mol. The molecule has 1 aliphatic rings. The molecule has 1 atom stereocenters. The van der Waals surface area contributed by atoms with Gasteiger partial charge in [0, 0.05) is 19.6 Å². The first kappa shape index (κ1) is 15.7. The number of aromatic nitrogens is 3. The van der Waals surface area contributed by atoms with Gasteiger partial charge in [0.25, 0.3) is 5.56 Å². The molecule has 1 saturated heterocycles. The van der Waals surface area contributed by atoms with Gasteiger partial charge in [-0.15, -0.1) is 0 Å². The van der Waals surface area contributed by atoms with Gasteiger partial charge in [-0.05, 0) is 26.7 Å². The van der Waals surface area contributed by atoms with Crippen LogP contribution in [0.1, 0.15) is 30.7 Å². The van der Waals surface area contributed by atoms with Crippen LogP contribution < -0.4 is 10.9 Å². The van der Waals surface area contributed by atoms with Crippen LogP contribution in [0.2, 0.25) is 0 Å². The van der Waals surface area contributed by atoms with Crippen molar-refractivity contribution in [2.24, 2.45) is 0 Å². The number of amides is 1. The SMILES string of the molecule is Cc1nn(CCC(=O)NC[C@H]2CCCO2)c(=O)c2noc(C)c12. The molecule has 3 rings (SSSR count). The van der Waals surface area contributed by atoms with Crippen LogP contribution in [-0.2, 0) is 16.1 Å². The number of rotatable bonds is 5. The second-order valence-electron chi connectivity index (χ2n) is 5.77. The van der Waals surface area contributed by atoms with Crippen LogP contribution in [0.15, 0.2) is 9.32 Å². The van der Waals surface area contributed by atoms with E-state index in [1.165, 1.54) is 4.68 Å². The Kier molecular flexibility index (Phi) is 4.42. The van der Waals surface area contributed by atoms with E-state index in [-0.39, 0.29) is 36.1 Å². The summed E-state index contributed by atoms with van der Waals surface area (Å²) in [4.78, 5) is 24.2. The van der Waals surface area contributed by atoms with Crippen molar-refractivity contribution in [1.82, 2.24) is 20.3 Å². The van der Waals surface area contributed by atoms with E-state index in [0.717, 1.165) is 19.4 Å². The van der Waals surface area contributed by atoms with Gasteiger partial charge in [-0.3, -0.25) is 9.59 Å². The molecule has 0 aromatic carbocycles. The van der Waals surface area contributed by atoms with Crippen LogP contribution in [0, 0.1) is 13.8 Å². The monoisotopic (exact) mass is 320 g/mol. The zero-order valence-electron chi connectivity index (χ0n) is 13.3. The van der Waals surface area contributed by atoms with Crippen molar-refractivity contribution in [3.63, 3.8) is 0 Å². The number of fused-ring (bicyclic) bond motifs is 1. The molecule has 23 heavy (non-hydrogen) atoms. The highest BCUT2D eigenvalue weighted by Crippen LogP contribution is 2.16. The third-order valence-corrected chi connectivity index (χ3v) is 4.03. The van der Waals surface area contributed by atoms with Crippen LogP contribution >= 0.6 is 0 Å². The summed E-state index contributed by atoms with van der Waals surface area (Å²) < 4.78 is 11.8. The van der Waals surface area contributed by atoms with E-state index in [1.54, 1.807) is 13.8 Å². The molecule has 8 nitrogen and oxygen atoms in total. The average Bonchev–Trinajstić information content (AvgIpc) is 3.17. The minimum Gasteiger partial charge on any atom is -0.376 e. The lowest BCUT2D eigenvalue weighted by Gasteiger charge is -2.11. The van der Waals surface area contributed by atoms with Crippen molar-refractivity contribution in [2.45, 2.75) is 45.8 Å². The summed E-state index contributed by atoms with van der Waals surface area (Å²) >= 11 is 0. The average molecular weight is 320 g/mol. The molecule has 3 heterocycles. The quantitative estimate of drug-likeness (QED) is 0.870. The molecular formula is C15H20N4O4. The van der Waals surface area contributed by atoms with Crippen LogP contribution in [0.5, 0.6) is 0 Å². The molecule has 1 N–H and O–H groups in total. The van der Waals surface area contributed by atoms with E-state index in [1.807, 2.05) is 0 Å². The second-order valence-corrected chi connectivity index (χ2v) is 5.77. The smallest absolute Gasteiger partial charge is 0.296 e. The lowest BCUT2D eigenvalue weighted by molar-refractivity contribution is -0.121. The Balaban J connectivity index is 1.63. The topological polar surface area (TPSA) is 99.2 Å². The molecule has 2 aromatic heterocycles. The number of hydrogen-bond donors (Lipinski definition) is 1. The van der Waals surface area contributed by atoms with Gasteiger partial charge in [-0.1, -0.05) is 5.16 Å². The zero-order chi connectivity index (χ0) is 16.4. The number of carbonyl (C=O) groups is 1. The Morgan fingerprint density at radius 3 is 3.00 bits per heavy atom. The predicted molar refractivity (Wildman–Crippen MR) is 82.1 cm³/mol. The molecule has 0 unspecified atom stereocenters. The van der Waals surface area contributed by atoms with E-state index in [9.17, 15) is 9.59 Å². The highest BCUT2D eigenvalue weighted by molar-refractivity contribution is 5.81. The number of ether oxygens (including phenoxy) is 1. The molecule has 124 valence electrons. The van der Waals surface area contributed by atoms with E-state index in [0.29, 0.717) is 23.4 Å². The minimum atomic E-state index is -0.339. The Hall–Kier alpha value is -2.22. The molecule has 0 radical (unpaired) electrons. The maximum Gasteiger partial charge on any atom is 0.296 e. The second kappa shape index (κ2) is 6.49. The summed E-state index contributed by atoms with van der Waals surface area (Å²) in [6.45, 7) is 5.02. The van der Waals surface area contributed by atoms with Crippen molar-refractivity contribution in [1.29, 1.82) is 0 Å². The zero-order valence-corrected chi connectivity index (χ0v) is 13.3. The van der Waals surface area contributed by atoms with Gasteiger partial charge in [-0.2, -0.15) is 5.10 Å². The predicted octanol–water partition coefficient (Wildman–Crippen LogP) is 0.687. The van der Waals surface area contributed by atoms with Gasteiger partial charge < -0.3 is 14.6 Å². The van der Waals surface area contributed by atoms with Crippen LogP contribution in [0.4, 0.5) is 0 Å². The normalized spacial score (nSPS) is 17.7. The maximum absolute atomic E-state index is 12.3. The van der Waals surface area contributed by atoms with Crippen LogP contribution in [0.25, 0.3) is 10.9 Å². The third-order valence-electron chi connectivity index (χ3n) is 4.03. The first-order valence-electron chi connectivity index (χ1n) is 7.78. The van der Waals surface area contributed by atoms with E-state index < -0.39 is 0 Å². The van der Waals surface area contributed by atoms with Gasteiger partial charge >= 0.3 is 0 Å². The number of hydrogen-bond acceptors (Lipinski definition) is 6. The Morgan fingerprint density at radius 2 is 2.26 bits per heavy atom. The van der Waals surface area contributed by atoms with Gasteiger partial charge in [0.15, 0.2) is 5.52 Å². The van der Waals surface area contributed by atoms with E-state index in [2.05, 4.69) is 15.6 Å². The number of carbonyl (C=O) groups excluding carboxylic acids is 1.